The zero-order valence-corrected chi connectivity index (χ0v) is 7.36. The van der Waals surface area contributed by atoms with E-state index in [2.05, 4.69) is 0 Å². The fraction of sp³-hybridized carbons (Fsp3) is 0.200. The van der Waals surface area contributed by atoms with Crippen LogP contribution in [-0.4, -0.2) is 24.1 Å². The highest BCUT2D eigenvalue weighted by Gasteiger charge is 1.93. The summed E-state index contributed by atoms with van der Waals surface area (Å²) in [6, 6.07) is 9.72. The second-order valence-electron chi connectivity index (χ2n) is 2.81. The molecule has 0 bridgehead atoms. The molecular formula is C10H13NO. The van der Waals surface area contributed by atoms with E-state index in [0.29, 0.717) is 0 Å². The molecule has 2 heteroatoms. The van der Waals surface area contributed by atoms with Gasteiger partial charge in [-0.3, -0.25) is 0 Å². The predicted octanol–water partition coefficient (Wildman–Crippen LogP) is 2.10. The highest BCUT2D eigenvalue weighted by atomic mass is 16.3. The molecule has 1 aromatic rings. The third-order valence-electron chi connectivity index (χ3n) is 1.55. The van der Waals surface area contributed by atoms with Crippen molar-refractivity contribution in [2.24, 2.45) is 0 Å². The second-order valence-corrected chi connectivity index (χ2v) is 2.81. The van der Waals surface area contributed by atoms with E-state index in [9.17, 15) is 5.11 Å². The lowest BCUT2D eigenvalue weighted by atomic mass is 10.2. The predicted molar refractivity (Wildman–Crippen MR) is 50.7 cm³/mol. The van der Waals surface area contributed by atoms with Crippen LogP contribution < -0.4 is 0 Å². The lowest BCUT2D eigenvalue weighted by Crippen LogP contribution is -2.09. The van der Waals surface area contributed by atoms with Crippen molar-refractivity contribution in [1.82, 2.24) is 4.90 Å². The van der Waals surface area contributed by atoms with E-state index >= 15 is 0 Å². The molecule has 0 aliphatic heterocycles. The van der Waals surface area contributed by atoms with Gasteiger partial charge in [0.05, 0.1) is 0 Å². The SMILES string of the molecule is CN(C)/C(O)=C/c1ccccc1. The summed E-state index contributed by atoms with van der Waals surface area (Å²) in [5, 5.41) is 9.37. The van der Waals surface area contributed by atoms with Gasteiger partial charge < -0.3 is 10.0 Å². The first-order valence-electron chi connectivity index (χ1n) is 3.83. The maximum absolute atomic E-state index is 9.37. The first kappa shape index (κ1) is 8.65. The van der Waals surface area contributed by atoms with Gasteiger partial charge >= 0.3 is 0 Å². The Morgan fingerprint density at radius 1 is 1.25 bits per heavy atom. The van der Waals surface area contributed by atoms with Gasteiger partial charge in [0.25, 0.3) is 0 Å². The van der Waals surface area contributed by atoms with Gasteiger partial charge in [-0.25, -0.2) is 0 Å². The van der Waals surface area contributed by atoms with Crippen LogP contribution in [0.25, 0.3) is 6.08 Å². The Hall–Kier alpha value is -1.44. The molecule has 1 rings (SSSR count). The van der Waals surface area contributed by atoms with Crippen LogP contribution in [0.1, 0.15) is 5.56 Å². The minimum Gasteiger partial charge on any atom is -0.495 e. The molecule has 12 heavy (non-hydrogen) atoms. The van der Waals surface area contributed by atoms with Crippen LogP contribution in [0.15, 0.2) is 36.2 Å². The van der Waals surface area contributed by atoms with Gasteiger partial charge in [0.15, 0.2) is 5.88 Å². The van der Waals surface area contributed by atoms with Crippen LogP contribution in [0, 0.1) is 0 Å². The van der Waals surface area contributed by atoms with Gasteiger partial charge in [-0.15, -0.1) is 0 Å². The molecule has 0 heterocycles. The summed E-state index contributed by atoms with van der Waals surface area (Å²) in [6.45, 7) is 0. The van der Waals surface area contributed by atoms with Crippen LogP contribution in [0.3, 0.4) is 0 Å². The topological polar surface area (TPSA) is 23.5 Å². The first-order valence-corrected chi connectivity index (χ1v) is 3.83. The van der Waals surface area contributed by atoms with Crippen molar-refractivity contribution in [2.45, 2.75) is 0 Å². The third-order valence-corrected chi connectivity index (χ3v) is 1.55. The molecule has 0 saturated carbocycles. The van der Waals surface area contributed by atoms with Crippen LogP contribution in [-0.2, 0) is 0 Å². The number of rotatable bonds is 2. The summed E-state index contributed by atoms with van der Waals surface area (Å²) >= 11 is 0. The van der Waals surface area contributed by atoms with Crippen molar-refractivity contribution < 1.29 is 5.11 Å². The molecule has 0 amide bonds. The minimum atomic E-state index is 0.265. The largest absolute Gasteiger partial charge is 0.495 e. The van der Waals surface area contributed by atoms with E-state index in [0.717, 1.165) is 5.56 Å². The van der Waals surface area contributed by atoms with Crippen molar-refractivity contribution in [3.8, 4) is 0 Å². The summed E-state index contributed by atoms with van der Waals surface area (Å²) in [4.78, 5) is 1.66. The zero-order chi connectivity index (χ0) is 8.97. The Labute approximate surface area is 72.8 Å². The molecule has 0 aliphatic carbocycles. The smallest absolute Gasteiger partial charge is 0.186 e. The Morgan fingerprint density at radius 3 is 2.33 bits per heavy atom. The average molecular weight is 163 g/mol. The van der Waals surface area contributed by atoms with E-state index in [-0.39, 0.29) is 5.88 Å². The highest BCUT2D eigenvalue weighted by Crippen LogP contribution is 2.05. The van der Waals surface area contributed by atoms with Gasteiger partial charge in [-0.2, -0.15) is 0 Å². The maximum Gasteiger partial charge on any atom is 0.186 e. The van der Waals surface area contributed by atoms with Crippen LogP contribution >= 0.6 is 0 Å². The van der Waals surface area contributed by atoms with E-state index in [1.54, 1.807) is 25.1 Å². The Bertz CT molecular complexity index is 264. The highest BCUT2D eigenvalue weighted by molar-refractivity contribution is 5.50. The van der Waals surface area contributed by atoms with E-state index in [4.69, 9.17) is 0 Å². The Balaban J connectivity index is 2.81. The van der Waals surface area contributed by atoms with Crippen molar-refractivity contribution in [1.29, 1.82) is 0 Å². The monoisotopic (exact) mass is 163 g/mol. The van der Waals surface area contributed by atoms with Crippen molar-refractivity contribution >= 4 is 6.08 Å². The standard InChI is InChI=1S/C10H13NO/c1-11(2)10(12)8-9-6-4-3-5-7-9/h3-8,12H,1-2H3/b10-8-. The van der Waals surface area contributed by atoms with E-state index in [1.807, 2.05) is 30.3 Å². The number of benzene rings is 1. The second kappa shape index (κ2) is 3.81. The maximum atomic E-state index is 9.37. The van der Waals surface area contributed by atoms with Gasteiger partial charge in [0, 0.05) is 20.2 Å². The third kappa shape index (κ3) is 2.31. The zero-order valence-electron chi connectivity index (χ0n) is 7.36. The molecule has 0 aromatic heterocycles. The average Bonchev–Trinajstić information content (AvgIpc) is 2.06. The molecule has 0 saturated heterocycles. The van der Waals surface area contributed by atoms with Gasteiger partial charge in [-0.1, -0.05) is 30.3 Å². The summed E-state index contributed by atoms with van der Waals surface area (Å²) in [7, 11) is 3.60. The van der Waals surface area contributed by atoms with Crippen LogP contribution in [0.2, 0.25) is 0 Å². The number of hydrogen-bond acceptors (Lipinski definition) is 2. The van der Waals surface area contributed by atoms with E-state index < -0.39 is 0 Å². The summed E-state index contributed by atoms with van der Waals surface area (Å²) in [6.07, 6.45) is 1.72. The Morgan fingerprint density at radius 2 is 1.83 bits per heavy atom. The fourth-order valence-electron chi connectivity index (χ4n) is 0.827. The molecule has 0 spiro atoms. The molecule has 0 unspecified atom stereocenters. The molecule has 0 fully saturated rings. The van der Waals surface area contributed by atoms with Crippen molar-refractivity contribution in [3.05, 3.63) is 41.8 Å². The molecule has 0 atom stereocenters. The number of nitrogens with zero attached hydrogens (tertiary/aromatic N) is 1. The molecule has 0 radical (unpaired) electrons. The van der Waals surface area contributed by atoms with Gasteiger partial charge in [0.2, 0.25) is 0 Å². The summed E-state index contributed by atoms with van der Waals surface area (Å²) in [5.74, 6) is 0.265. The van der Waals surface area contributed by atoms with Crippen molar-refractivity contribution in [2.75, 3.05) is 14.1 Å². The molecule has 1 aromatic carbocycles. The van der Waals surface area contributed by atoms with Gasteiger partial charge in [0.1, 0.15) is 0 Å². The molecule has 1 N–H and O–H groups in total. The summed E-state index contributed by atoms with van der Waals surface area (Å²) in [5.41, 5.74) is 1.00. The molecule has 64 valence electrons. The quantitative estimate of drug-likeness (QED) is 0.675. The first-order chi connectivity index (χ1) is 5.70. The normalized spacial score (nSPS) is 11.3. The fourth-order valence-corrected chi connectivity index (χ4v) is 0.827. The number of aliphatic hydroxyl groups is 1. The minimum absolute atomic E-state index is 0.265. The van der Waals surface area contributed by atoms with Crippen molar-refractivity contribution in [3.63, 3.8) is 0 Å². The lowest BCUT2D eigenvalue weighted by molar-refractivity contribution is 0.269. The molecule has 2 nitrogen and oxygen atoms in total. The Kier molecular flexibility index (Phi) is 2.75. The van der Waals surface area contributed by atoms with E-state index in [1.165, 1.54) is 0 Å². The number of aliphatic hydroxyl groups excluding tert-OH is 1. The lowest BCUT2D eigenvalue weighted by Gasteiger charge is -2.09. The summed E-state index contributed by atoms with van der Waals surface area (Å²) < 4.78 is 0. The van der Waals surface area contributed by atoms with Crippen LogP contribution in [0.5, 0.6) is 0 Å². The number of hydrogen-bond donors (Lipinski definition) is 1. The van der Waals surface area contributed by atoms with Crippen LogP contribution in [0.4, 0.5) is 0 Å². The molecular weight excluding hydrogens is 150 g/mol. The molecule has 0 aliphatic rings. The van der Waals surface area contributed by atoms with Gasteiger partial charge in [-0.05, 0) is 5.56 Å².